The van der Waals surface area contributed by atoms with Crippen molar-refractivity contribution in [3.63, 3.8) is 0 Å². The van der Waals surface area contributed by atoms with E-state index in [1.54, 1.807) is 0 Å². The highest BCUT2D eigenvalue weighted by atomic mass is 16.4. The summed E-state index contributed by atoms with van der Waals surface area (Å²) in [7, 11) is 0. The molecule has 0 saturated carbocycles. The molecule has 0 radical (unpaired) electrons. The average molecular weight is 221 g/mol. The lowest BCUT2D eigenvalue weighted by Gasteiger charge is -2.21. The Balaban J connectivity index is 2.69. The molecule has 1 aromatic rings. The number of hydrogen-bond acceptors (Lipinski definition) is 2. The number of carboxylic acids is 1. The van der Waals surface area contributed by atoms with Crippen molar-refractivity contribution in [2.24, 2.45) is 5.92 Å². The van der Waals surface area contributed by atoms with Crippen LogP contribution in [0.15, 0.2) is 30.3 Å². The molecular formula is C13H19NO2. The van der Waals surface area contributed by atoms with Gasteiger partial charge < -0.3 is 10.4 Å². The second kappa shape index (κ2) is 6.16. The first-order valence-electron chi connectivity index (χ1n) is 5.69. The predicted octanol–water partition coefficient (Wildman–Crippen LogP) is 2.99. The minimum atomic E-state index is -0.787. The first-order chi connectivity index (χ1) is 7.65. The van der Waals surface area contributed by atoms with Gasteiger partial charge in [-0.1, -0.05) is 38.5 Å². The maximum atomic E-state index is 11.2. The number of carboxylic acid groups (broad SMARTS) is 1. The quantitative estimate of drug-likeness (QED) is 0.776. The maximum Gasteiger partial charge on any atom is 0.326 e. The highest BCUT2D eigenvalue weighted by molar-refractivity contribution is 5.77. The number of rotatable bonds is 6. The molecule has 2 N–H and O–H groups in total. The molecule has 0 bridgehead atoms. The first-order valence-corrected chi connectivity index (χ1v) is 5.69. The summed E-state index contributed by atoms with van der Waals surface area (Å²) in [6.07, 6.45) is 1.91. The van der Waals surface area contributed by atoms with Crippen molar-refractivity contribution in [1.29, 1.82) is 0 Å². The Bertz CT molecular complexity index is 324. The van der Waals surface area contributed by atoms with E-state index in [9.17, 15) is 4.79 Å². The summed E-state index contributed by atoms with van der Waals surface area (Å²) in [6.45, 7) is 4.04. The number of hydrogen-bond donors (Lipinski definition) is 2. The minimum Gasteiger partial charge on any atom is -0.480 e. The molecular weight excluding hydrogens is 202 g/mol. The van der Waals surface area contributed by atoms with Gasteiger partial charge in [0, 0.05) is 5.69 Å². The molecule has 0 heterocycles. The van der Waals surface area contributed by atoms with E-state index in [-0.39, 0.29) is 5.92 Å². The van der Waals surface area contributed by atoms with Gasteiger partial charge in [-0.2, -0.15) is 0 Å². The zero-order chi connectivity index (χ0) is 12.0. The second-order valence-corrected chi connectivity index (χ2v) is 4.09. The van der Waals surface area contributed by atoms with Gasteiger partial charge in [0.15, 0.2) is 0 Å². The molecule has 3 nitrogen and oxygen atoms in total. The molecule has 1 aromatic carbocycles. The number of benzene rings is 1. The molecule has 0 aromatic heterocycles. The maximum absolute atomic E-state index is 11.2. The molecule has 16 heavy (non-hydrogen) atoms. The van der Waals surface area contributed by atoms with E-state index in [1.165, 1.54) is 0 Å². The number of para-hydroxylation sites is 1. The summed E-state index contributed by atoms with van der Waals surface area (Å²) in [4.78, 5) is 11.2. The minimum absolute atomic E-state index is 0.128. The van der Waals surface area contributed by atoms with Gasteiger partial charge in [-0.05, 0) is 24.5 Å². The van der Waals surface area contributed by atoms with Crippen molar-refractivity contribution in [3.8, 4) is 0 Å². The zero-order valence-corrected chi connectivity index (χ0v) is 9.81. The fraction of sp³-hybridized carbons (Fsp3) is 0.462. The van der Waals surface area contributed by atoms with Crippen LogP contribution in [0, 0.1) is 5.92 Å². The third-order valence-corrected chi connectivity index (χ3v) is 2.68. The van der Waals surface area contributed by atoms with Gasteiger partial charge in [-0.15, -0.1) is 0 Å². The average Bonchev–Trinajstić information content (AvgIpc) is 2.27. The lowest BCUT2D eigenvalue weighted by molar-refractivity contribution is -0.139. The van der Waals surface area contributed by atoms with Crippen molar-refractivity contribution in [2.45, 2.75) is 32.7 Å². The fourth-order valence-electron chi connectivity index (χ4n) is 1.78. The Morgan fingerprint density at radius 1 is 1.38 bits per heavy atom. The second-order valence-electron chi connectivity index (χ2n) is 4.09. The molecule has 0 aliphatic carbocycles. The van der Waals surface area contributed by atoms with Gasteiger partial charge >= 0.3 is 5.97 Å². The standard InChI is InChI=1S/C13H19NO2/c1-3-7-10(2)12(13(15)16)14-11-8-5-4-6-9-11/h4-6,8-10,12,14H,3,7H2,1-2H3,(H,15,16). The predicted molar refractivity (Wildman–Crippen MR) is 65.6 cm³/mol. The number of aliphatic carboxylic acids is 1. The van der Waals surface area contributed by atoms with Crippen molar-refractivity contribution in [3.05, 3.63) is 30.3 Å². The van der Waals surface area contributed by atoms with Gasteiger partial charge in [-0.3, -0.25) is 0 Å². The lowest BCUT2D eigenvalue weighted by Crippen LogP contribution is -2.35. The van der Waals surface area contributed by atoms with Crippen molar-refractivity contribution >= 4 is 11.7 Å². The van der Waals surface area contributed by atoms with E-state index in [2.05, 4.69) is 12.2 Å². The van der Waals surface area contributed by atoms with Crippen LogP contribution in [0.25, 0.3) is 0 Å². The van der Waals surface area contributed by atoms with Gasteiger partial charge in [-0.25, -0.2) is 4.79 Å². The van der Waals surface area contributed by atoms with Crippen LogP contribution >= 0.6 is 0 Å². The van der Waals surface area contributed by atoms with Gasteiger partial charge in [0.1, 0.15) is 6.04 Å². The largest absolute Gasteiger partial charge is 0.480 e. The summed E-state index contributed by atoms with van der Waals surface area (Å²) in [5.74, 6) is -0.660. The van der Waals surface area contributed by atoms with E-state index in [0.29, 0.717) is 0 Å². The van der Waals surface area contributed by atoms with E-state index in [0.717, 1.165) is 18.5 Å². The van der Waals surface area contributed by atoms with E-state index >= 15 is 0 Å². The third kappa shape index (κ3) is 3.57. The van der Waals surface area contributed by atoms with Crippen LogP contribution in [0.3, 0.4) is 0 Å². The van der Waals surface area contributed by atoms with Crippen LogP contribution in [0.4, 0.5) is 5.69 Å². The van der Waals surface area contributed by atoms with Crippen LogP contribution in [0.5, 0.6) is 0 Å². The summed E-state index contributed by atoms with van der Waals surface area (Å²) >= 11 is 0. The van der Waals surface area contributed by atoms with Crippen molar-refractivity contribution in [2.75, 3.05) is 5.32 Å². The van der Waals surface area contributed by atoms with Crippen LogP contribution in [-0.2, 0) is 4.79 Å². The van der Waals surface area contributed by atoms with Crippen LogP contribution < -0.4 is 5.32 Å². The molecule has 88 valence electrons. The van der Waals surface area contributed by atoms with Crippen molar-refractivity contribution < 1.29 is 9.90 Å². The molecule has 0 spiro atoms. The van der Waals surface area contributed by atoms with E-state index in [4.69, 9.17) is 5.11 Å². The fourth-order valence-corrected chi connectivity index (χ4v) is 1.78. The van der Waals surface area contributed by atoms with E-state index < -0.39 is 12.0 Å². The Kier molecular flexibility index (Phi) is 4.83. The summed E-state index contributed by atoms with van der Waals surface area (Å²) in [6, 6.07) is 8.96. The number of anilines is 1. The molecule has 0 fully saturated rings. The molecule has 0 aliphatic heterocycles. The van der Waals surface area contributed by atoms with Crippen LogP contribution in [0.2, 0.25) is 0 Å². The highest BCUT2D eigenvalue weighted by Gasteiger charge is 2.23. The van der Waals surface area contributed by atoms with Gasteiger partial charge in [0.05, 0.1) is 0 Å². The summed E-state index contributed by atoms with van der Waals surface area (Å²) in [5, 5.41) is 12.2. The Morgan fingerprint density at radius 2 is 2.00 bits per heavy atom. The first kappa shape index (κ1) is 12.6. The Hall–Kier alpha value is -1.51. The summed E-state index contributed by atoms with van der Waals surface area (Å²) in [5.41, 5.74) is 0.859. The molecule has 2 atom stereocenters. The molecule has 0 saturated heterocycles. The van der Waals surface area contributed by atoms with Crippen LogP contribution in [0.1, 0.15) is 26.7 Å². The molecule has 0 aliphatic rings. The number of nitrogens with one attached hydrogen (secondary N) is 1. The SMILES string of the molecule is CCCC(C)C(Nc1ccccc1)C(=O)O. The topological polar surface area (TPSA) is 49.3 Å². The normalized spacial score (nSPS) is 14.1. The monoisotopic (exact) mass is 221 g/mol. The smallest absolute Gasteiger partial charge is 0.326 e. The highest BCUT2D eigenvalue weighted by Crippen LogP contribution is 2.16. The van der Waals surface area contributed by atoms with Gasteiger partial charge in [0.2, 0.25) is 0 Å². The van der Waals surface area contributed by atoms with Gasteiger partial charge in [0.25, 0.3) is 0 Å². The molecule has 1 rings (SSSR count). The van der Waals surface area contributed by atoms with E-state index in [1.807, 2.05) is 37.3 Å². The third-order valence-electron chi connectivity index (χ3n) is 2.68. The van der Waals surface area contributed by atoms with Crippen molar-refractivity contribution in [1.82, 2.24) is 0 Å². The van der Waals surface area contributed by atoms with Crippen LogP contribution in [-0.4, -0.2) is 17.1 Å². The number of carbonyl (C=O) groups is 1. The Morgan fingerprint density at radius 3 is 2.50 bits per heavy atom. The molecule has 2 unspecified atom stereocenters. The zero-order valence-electron chi connectivity index (χ0n) is 9.81. The Labute approximate surface area is 96.5 Å². The lowest BCUT2D eigenvalue weighted by atomic mass is 9.96. The molecule has 3 heteroatoms. The molecule has 0 amide bonds. The summed E-state index contributed by atoms with van der Waals surface area (Å²) < 4.78 is 0.